The van der Waals surface area contributed by atoms with Gasteiger partial charge in [-0.05, 0) is 38.3 Å². The van der Waals surface area contributed by atoms with Gasteiger partial charge in [0, 0.05) is 31.9 Å². The average Bonchev–Trinajstić information content (AvgIpc) is 2.52. The smallest absolute Gasteiger partial charge is 0.219 e. The fraction of sp³-hybridized carbons (Fsp3) is 0.684. The highest BCUT2D eigenvalue weighted by molar-refractivity contribution is 5.73. The van der Waals surface area contributed by atoms with Gasteiger partial charge >= 0.3 is 0 Å². The standard InChI is InChI=1S/C10H21NO.C7H9N.C2H6/c1-4-6-7-9-11(8-5-2)10(3)12;1-6-3-4-7(2)8-5-6;1-2/h4-9H2,1-3H3;3-5H,1-2H3;1-2H3. The molecule has 0 atom stereocenters. The number of pyridine rings is 1. The number of hydrogen-bond donors (Lipinski definition) is 0. The molecular weight excluding hydrogens is 272 g/mol. The van der Waals surface area contributed by atoms with Gasteiger partial charge in [-0.3, -0.25) is 9.78 Å². The van der Waals surface area contributed by atoms with Crippen molar-refractivity contribution in [3.8, 4) is 0 Å². The third-order valence-corrected chi connectivity index (χ3v) is 3.03. The van der Waals surface area contributed by atoms with Gasteiger partial charge in [0.25, 0.3) is 0 Å². The Labute approximate surface area is 138 Å². The van der Waals surface area contributed by atoms with Crippen LogP contribution in [0.4, 0.5) is 0 Å². The Morgan fingerprint density at radius 3 is 2.05 bits per heavy atom. The molecule has 1 aromatic heterocycles. The molecule has 3 heteroatoms. The van der Waals surface area contributed by atoms with Gasteiger partial charge in [0.1, 0.15) is 0 Å². The summed E-state index contributed by atoms with van der Waals surface area (Å²) in [4.78, 5) is 17.1. The maximum atomic E-state index is 11.1. The predicted molar refractivity (Wildman–Crippen MR) is 97.1 cm³/mol. The molecule has 128 valence electrons. The highest BCUT2D eigenvalue weighted by Gasteiger charge is 2.05. The van der Waals surface area contributed by atoms with Crippen LogP contribution in [0, 0.1) is 13.8 Å². The Bertz CT molecular complexity index is 339. The van der Waals surface area contributed by atoms with Crippen molar-refractivity contribution in [3.05, 3.63) is 29.6 Å². The van der Waals surface area contributed by atoms with E-state index in [-0.39, 0.29) is 5.91 Å². The maximum absolute atomic E-state index is 11.1. The van der Waals surface area contributed by atoms with Crippen LogP contribution < -0.4 is 0 Å². The van der Waals surface area contributed by atoms with E-state index in [0.29, 0.717) is 0 Å². The zero-order valence-electron chi connectivity index (χ0n) is 15.8. The summed E-state index contributed by atoms with van der Waals surface area (Å²) in [7, 11) is 0. The Morgan fingerprint density at radius 1 is 1.05 bits per heavy atom. The second kappa shape index (κ2) is 16.0. The summed E-state index contributed by atoms with van der Waals surface area (Å²) >= 11 is 0. The number of amides is 1. The van der Waals surface area contributed by atoms with Crippen LogP contribution in [0.3, 0.4) is 0 Å². The van der Waals surface area contributed by atoms with Crippen molar-refractivity contribution in [3.63, 3.8) is 0 Å². The zero-order valence-corrected chi connectivity index (χ0v) is 15.8. The first-order valence-corrected chi connectivity index (χ1v) is 8.66. The molecule has 0 aliphatic rings. The number of aryl methyl sites for hydroxylation is 2. The molecule has 1 amide bonds. The van der Waals surface area contributed by atoms with E-state index in [1.165, 1.54) is 18.4 Å². The van der Waals surface area contributed by atoms with E-state index >= 15 is 0 Å². The minimum Gasteiger partial charge on any atom is -0.343 e. The topological polar surface area (TPSA) is 33.2 Å². The molecule has 0 saturated heterocycles. The van der Waals surface area contributed by atoms with E-state index in [1.54, 1.807) is 6.92 Å². The van der Waals surface area contributed by atoms with Gasteiger partial charge in [0.2, 0.25) is 5.91 Å². The van der Waals surface area contributed by atoms with Crippen LogP contribution in [-0.2, 0) is 4.79 Å². The van der Waals surface area contributed by atoms with Crippen molar-refractivity contribution >= 4 is 5.91 Å². The van der Waals surface area contributed by atoms with Gasteiger partial charge in [0.15, 0.2) is 0 Å². The summed E-state index contributed by atoms with van der Waals surface area (Å²) in [6.45, 7) is 15.8. The van der Waals surface area contributed by atoms with Crippen LogP contribution in [0.15, 0.2) is 18.3 Å². The van der Waals surface area contributed by atoms with Gasteiger partial charge in [-0.25, -0.2) is 0 Å². The lowest BCUT2D eigenvalue weighted by atomic mass is 10.2. The van der Waals surface area contributed by atoms with Crippen molar-refractivity contribution in [2.75, 3.05) is 13.1 Å². The second-order valence-corrected chi connectivity index (χ2v) is 5.19. The van der Waals surface area contributed by atoms with Crippen molar-refractivity contribution in [2.45, 2.75) is 74.1 Å². The molecule has 1 heterocycles. The fourth-order valence-corrected chi connectivity index (χ4v) is 1.79. The van der Waals surface area contributed by atoms with Crippen LogP contribution in [0.1, 0.15) is 71.6 Å². The van der Waals surface area contributed by atoms with Gasteiger partial charge in [-0.2, -0.15) is 0 Å². The van der Waals surface area contributed by atoms with Gasteiger partial charge in [-0.1, -0.05) is 46.6 Å². The molecule has 3 nitrogen and oxygen atoms in total. The number of rotatable bonds is 6. The van der Waals surface area contributed by atoms with Crippen molar-refractivity contribution in [1.82, 2.24) is 9.88 Å². The lowest BCUT2D eigenvalue weighted by Gasteiger charge is -2.19. The van der Waals surface area contributed by atoms with Crippen LogP contribution in [0.25, 0.3) is 0 Å². The minimum absolute atomic E-state index is 0.216. The molecule has 0 unspecified atom stereocenters. The van der Waals surface area contributed by atoms with Gasteiger partial charge in [-0.15, -0.1) is 0 Å². The van der Waals surface area contributed by atoms with E-state index in [4.69, 9.17) is 0 Å². The summed E-state index contributed by atoms with van der Waals surface area (Å²) in [6.07, 6.45) is 6.53. The quantitative estimate of drug-likeness (QED) is 0.680. The normalized spacial score (nSPS) is 9.05. The molecule has 0 aromatic carbocycles. The fourth-order valence-electron chi connectivity index (χ4n) is 1.79. The van der Waals surface area contributed by atoms with E-state index < -0.39 is 0 Å². The molecule has 22 heavy (non-hydrogen) atoms. The Kier molecular flexibility index (Phi) is 16.6. The third kappa shape index (κ3) is 13.6. The Hall–Kier alpha value is -1.38. The number of nitrogens with zero attached hydrogens (tertiary/aromatic N) is 2. The summed E-state index contributed by atoms with van der Waals surface area (Å²) < 4.78 is 0. The van der Waals surface area contributed by atoms with Crippen molar-refractivity contribution < 1.29 is 4.79 Å². The molecule has 1 rings (SSSR count). The molecule has 0 saturated carbocycles. The molecule has 0 radical (unpaired) electrons. The predicted octanol–water partition coefficient (Wildman–Crippen LogP) is 5.16. The first-order valence-electron chi connectivity index (χ1n) is 8.66. The summed E-state index contributed by atoms with van der Waals surface area (Å²) in [5, 5.41) is 0. The first kappa shape index (κ1) is 22.9. The molecule has 1 aromatic rings. The van der Waals surface area contributed by atoms with E-state index in [0.717, 1.165) is 31.6 Å². The number of carbonyl (C=O) groups is 1. The van der Waals surface area contributed by atoms with E-state index in [1.807, 2.05) is 44.9 Å². The Morgan fingerprint density at radius 2 is 1.68 bits per heavy atom. The molecule has 0 fully saturated rings. The Balaban J connectivity index is 0. The van der Waals surface area contributed by atoms with Crippen LogP contribution in [0.5, 0.6) is 0 Å². The molecule has 0 aliphatic carbocycles. The summed E-state index contributed by atoms with van der Waals surface area (Å²) in [5.41, 5.74) is 2.30. The minimum atomic E-state index is 0.216. The third-order valence-electron chi connectivity index (χ3n) is 3.03. The summed E-state index contributed by atoms with van der Waals surface area (Å²) in [5.74, 6) is 0.216. The molecule has 0 bridgehead atoms. The van der Waals surface area contributed by atoms with Crippen molar-refractivity contribution in [1.29, 1.82) is 0 Å². The van der Waals surface area contributed by atoms with Crippen molar-refractivity contribution in [2.24, 2.45) is 0 Å². The van der Waals surface area contributed by atoms with Crippen LogP contribution in [0.2, 0.25) is 0 Å². The number of carbonyl (C=O) groups excluding carboxylic acids is 1. The monoisotopic (exact) mass is 308 g/mol. The van der Waals surface area contributed by atoms with Crippen LogP contribution >= 0.6 is 0 Å². The number of unbranched alkanes of at least 4 members (excludes halogenated alkanes) is 2. The van der Waals surface area contributed by atoms with Crippen LogP contribution in [-0.4, -0.2) is 28.9 Å². The average molecular weight is 309 g/mol. The number of hydrogen-bond acceptors (Lipinski definition) is 2. The molecule has 0 N–H and O–H groups in total. The molecular formula is C19H36N2O. The highest BCUT2D eigenvalue weighted by atomic mass is 16.2. The largest absolute Gasteiger partial charge is 0.343 e. The maximum Gasteiger partial charge on any atom is 0.219 e. The van der Waals surface area contributed by atoms with E-state index in [9.17, 15) is 4.79 Å². The van der Waals surface area contributed by atoms with E-state index in [2.05, 4.69) is 24.9 Å². The SMILES string of the molecule is CC.CCCCCN(CCC)C(C)=O.Cc1ccc(C)nc1. The number of aromatic nitrogens is 1. The second-order valence-electron chi connectivity index (χ2n) is 5.19. The lowest BCUT2D eigenvalue weighted by molar-refractivity contribution is -0.128. The lowest BCUT2D eigenvalue weighted by Crippen LogP contribution is -2.30. The highest BCUT2D eigenvalue weighted by Crippen LogP contribution is 1.99. The van der Waals surface area contributed by atoms with Gasteiger partial charge < -0.3 is 4.90 Å². The summed E-state index contributed by atoms with van der Waals surface area (Å²) in [6, 6.07) is 4.07. The molecule has 0 spiro atoms. The first-order chi connectivity index (χ1) is 10.5. The molecule has 0 aliphatic heterocycles. The zero-order chi connectivity index (χ0) is 17.4. The van der Waals surface area contributed by atoms with Gasteiger partial charge in [0.05, 0.1) is 0 Å².